The number of ether oxygens (including phenoxy) is 2. The predicted molar refractivity (Wildman–Crippen MR) is 139 cm³/mol. The van der Waals surface area contributed by atoms with Crippen molar-refractivity contribution in [1.29, 1.82) is 0 Å². The maximum absolute atomic E-state index is 11.1. The maximum atomic E-state index is 11.1. The summed E-state index contributed by atoms with van der Waals surface area (Å²) in [4.78, 5) is 6.89. The molecule has 0 bridgehead atoms. The van der Waals surface area contributed by atoms with Gasteiger partial charge in [-0.2, -0.15) is 0 Å². The number of nitrogens with zero attached hydrogens (tertiary/aromatic N) is 3. The largest absolute Gasteiger partial charge is 0.493 e. The Bertz CT molecular complexity index is 1160. The third kappa shape index (κ3) is 5.50. The van der Waals surface area contributed by atoms with Crippen LogP contribution in [0.1, 0.15) is 37.1 Å². The lowest BCUT2D eigenvalue weighted by Crippen LogP contribution is -2.44. The van der Waals surface area contributed by atoms with Gasteiger partial charge in [-0.05, 0) is 76.7 Å². The number of fused-ring (bicyclic) bond motifs is 1. The summed E-state index contributed by atoms with van der Waals surface area (Å²) >= 11 is 0. The van der Waals surface area contributed by atoms with Gasteiger partial charge in [-0.3, -0.25) is 4.57 Å². The van der Waals surface area contributed by atoms with Crippen LogP contribution in [0.4, 0.5) is 5.95 Å². The average Bonchev–Trinajstić information content (AvgIpc) is 3.32. The van der Waals surface area contributed by atoms with Crippen LogP contribution in [0, 0.1) is 6.92 Å². The van der Waals surface area contributed by atoms with E-state index in [0.29, 0.717) is 19.1 Å². The molecular weight excluding hydrogens is 460 g/mol. The van der Waals surface area contributed by atoms with E-state index >= 15 is 0 Å². The topological polar surface area (TPSA) is 112 Å². The average molecular weight is 499 g/mol. The van der Waals surface area contributed by atoms with E-state index in [1.807, 2.05) is 49.4 Å². The lowest BCUT2D eigenvalue weighted by molar-refractivity contribution is -0.0939. The van der Waals surface area contributed by atoms with E-state index in [2.05, 4.69) is 24.3 Å². The molecule has 4 N–H and O–H groups in total. The molecular formula is C27H38N4O5. The molecule has 3 aromatic rings. The number of aliphatic hydroxyl groups is 3. The number of benzene rings is 2. The van der Waals surface area contributed by atoms with Crippen LogP contribution in [0.2, 0.25) is 0 Å². The van der Waals surface area contributed by atoms with E-state index in [0.717, 1.165) is 47.3 Å². The number of aryl methyl sites for hydroxylation is 1. The van der Waals surface area contributed by atoms with E-state index in [1.54, 1.807) is 4.57 Å². The van der Waals surface area contributed by atoms with Crippen molar-refractivity contribution >= 4 is 17.0 Å². The number of imidazole rings is 1. The highest BCUT2D eigenvalue weighted by molar-refractivity contribution is 5.79. The molecule has 9 heteroatoms. The smallest absolute Gasteiger partial charge is 0.206 e. The summed E-state index contributed by atoms with van der Waals surface area (Å²) in [6.45, 7) is 5.34. The molecule has 4 atom stereocenters. The molecule has 196 valence electrons. The van der Waals surface area contributed by atoms with Gasteiger partial charge in [0.25, 0.3) is 0 Å². The Morgan fingerprint density at radius 3 is 2.69 bits per heavy atom. The third-order valence-electron chi connectivity index (χ3n) is 6.73. The highest BCUT2D eigenvalue weighted by Crippen LogP contribution is 2.41. The first-order valence-electron chi connectivity index (χ1n) is 12.5. The zero-order valence-electron chi connectivity index (χ0n) is 21.5. The molecule has 0 aliphatic carbocycles. The van der Waals surface area contributed by atoms with Gasteiger partial charge < -0.3 is 35.0 Å². The zero-order chi connectivity index (χ0) is 25.9. The van der Waals surface area contributed by atoms with E-state index in [-0.39, 0.29) is 0 Å². The van der Waals surface area contributed by atoms with Crippen LogP contribution < -0.4 is 10.1 Å². The van der Waals surface area contributed by atoms with Crippen molar-refractivity contribution in [3.8, 4) is 5.75 Å². The fourth-order valence-corrected chi connectivity index (χ4v) is 4.58. The Hall–Kier alpha value is -2.69. The van der Waals surface area contributed by atoms with E-state index in [9.17, 15) is 15.3 Å². The van der Waals surface area contributed by atoms with E-state index in [4.69, 9.17) is 14.5 Å². The second-order valence-corrected chi connectivity index (χ2v) is 9.99. The quantitative estimate of drug-likeness (QED) is 0.299. The predicted octanol–water partition coefficient (Wildman–Crippen LogP) is 2.68. The fourth-order valence-electron chi connectivity index (χ4n) is 4.58. The number of para-hydroxylation sites is 2. The number of anilines is 1. The summed E-state index contributed by atoms with van der Waals surface area (Å²) in [6.07, 6.45) is -0.989. The molecule has 1 saturated heterocycles. The molecule has 4 unspecified atom stereocenters. The van der Waals surface area contributed by atoms with Crippen molar-refractivity contribution < 1.29 is 24.8 Å². The van der Waals surface area contributed by atoms with Crippen molar-refractivity contribution in [2.75, 3.05) is 39.2 Å². The molecule has 0 spiro atoms. The van der Waals surface area contributed by atoms with Crippen LogP contribution in [0.25, 0.3) is 11.0 Å². The Balaban J connectivity index is 1.53. The van der Waals surface area contributed by atoms with Crippen LogP contribution in [-0.2, 0) is 11.3 Å². The molecule has 1 aliphatic heterocycles. The number of aliphatic hydroxyl groups excluding tert-OH is 2. The maximum Gasteiger partial charge on any atom is 0.206 e. The highest BCUT2D eigenvalue weighted by Gasteiger charge is 2.53. The van der Waals surface area contributed by atoms with Crippen molar-refractivity contribution in [3.05, 3.63) is 53.6 Å². The fraction of sp³-hybridized carbons (Fsp3) is 0.519. The Morgan fingerprint density at radius 1 is 1.19 bits per heavy atom. The van der Waals surface area contributed by atoms with Crippen LogP contribution in [-0.4, -0.2) is 81.4 Å². The molecule has 9 nitrogen and oxygen atoms in total. The van der Waals surface area contributed by atoms with Crippen molar-refractivity contribution in [2.24, 2.45) is 0 Å². The van der Waals surface area contributed by atoms with Gasteiger partial charge in [0, 0.05) is 6.54 Å². The standard InChI is InChI=1S/C27H38N4O5/c1-18-11-12-19(15-22(18)35-14-8-7-13-30(3)4)16-28-26-29-20-9-5-6-10-21(20)31(26)25-27(2,34)24(33)23(17-32)36-25/h5-6,9-12,15,23-25,32-34H,7-8,13-14,16-17H2,1-4H3,(H,28,29). The van der Waals surface area contributed by atoms with Gasteiger partial charge in [0.15, 0.2) is 6.23 Å². The first kappa shape index (κ1) is 26.4. The second kappa shape index (κ2) is 11.1. The van der Waals surface area contributed by atoms with Gasteiger partial charge >= 0.3 is 0 Å². The number of hydrogen-bond donors (Lipinski definition) is 4. The lowest BCUT2D eigenvalue weighted by Gasteiger charge is -2.29. The van der Waals surface area contributed by atoms with Crippen LogP contribution in [0.3, 0.4) is 0 Å². The molecule has 36 heavy (non-hydrogen) atoms. The minimum absolute atomic E-state index is 0.398. The number of unbranched alkanes of at least 4 members (excludes halogenated alkanes) is 1. The van der Waals surface area contributed by atoms with Crippen LogP contribution in [0.5, 0.6) is 5.75 Å². The van der Waals surface area contributed by atoms with E-state index in [1.165, 1.54) is 6.92 Å². The molecule has 1 fully saturated rings. The minimum Gasteiger partial charge on any atom is -0.493 e. The molecule has 4 rings (SSSR count). The Kier molecular flexibility index (Phi) is 8.17. The summed E-state index contributed by atoms with van der Waals surface area (Å²) in [7, 11) is 4.14. The molecule has 2 aromatic carbocycles. The molecule has 2 heterocycles. The first-order valence-corrected chi connectivity index (χ1v) is 12.5. The van der Waals surface area contributed by atoms with Crippen molar-refractivity contribution in [2.45, 2.75) is 57.3 Å². The third-order valence-corrected chi connectivity index (χ3v) is 6.73. The zero-order valence-corrected chi connectivity index (χ0v) is 21.5. The highest BCUT2D eigenvalue weighted by atomic mass is 16.6. The number of nitrogens with one attached hydrogen (secondary N) is 1. The molecule has 0 radical (unpaired) electrons. The van der Waals surface area contributed by atoms with Gasteiger partial charge in [0.2, 0.25) is 5.95 Å². The summed E-state index contributed by atoms with van der Waals surface area (Å²) in [5.41, 5.74) is 1.96. The molecule has 0 amide bonds. The van der Waals surface area contributed by atoms with Gasteiger partial charge in [0.1, 0.15) is 23.6 Å². The monoisotopic (exact) mass is 498 g/mol. The van der Waals surface area contributed by atoms with Gasteiger partial charge in [-0.25, -0.2) is 4.98 Å². The van der Waals surface area contributed by atoms with E-state index < -0.39 is 30.6 Å². The molecule has 0 saturated carbocycles. The molecule has 1 aliphatic rings. The number of aromatic nitrogens is 2. The van der Waals surface area contributed by atoms with Crippen molar-refractivity contribution in [1.82, 2.24) is 14.5 Å². The Labute approximate surface area is 212 Å². The number of rotatable bonds is 11. The minimum atomic E-state index is -1.62. The van der Waals surface area contributed by atoms with Gasteiger partial charge in [-0.15, -0.1) is 0 Å². The summed E-state index contributed by atoms with van der Waals surface area (Å²) < 4.78 is 13.7. The lowest BCUT2D eigenvalue weighted by atomic mass is 9.96. The summed E-state index contributed by atoms with van der Waals surface area (Å²) in [6, 6.07) is 13.7. The summed E-state index contributed by atoms with van der Waals surface area (Å²) in [5.74, 6) is 1.36. The normalized spacial score (nSPS) is 24.1. The van der Waals surface area contributed by atoms with Gasteiger partial charge in [-0.1, -0.05) is 24.3 Å². The van der Waals surface area contributed by atoms with Crippen LogP contribution >= 0.6 is 0 Å². The number of hydrogen-bond acceptors (Lipinski definition) is 8. The summed E-state index contributed by atoms with van der Waals surface area (Å²) in [5, 5.41) is 34.6. The SMILES string of the molecule is Cc1ccc(CNc2nc3ccccc3n2C2OC(CO)C(O)C2(C)O)cc1OCCCCN(C)C. The Morgan fingerprint density at radius 2 is 1.97 bits per heavy atom. The molecule has 1 aromatic heterocycles. The van der Waals surface area contributed by atoms with Gasteiger partial charge in [0.05, 0.1) is 24.2 Å². The van der Waals surface area contributed by atoms with Crippen LogP contribution in [0.15, 0.2) is 42.5 Å². The first-order chi connectivity index (χ1) is 17.2. The van der Waals surface area contributed by atoms with Crippen molar-refractivity contribution in [3.63, 3.8) is 0 Å². The second-order valence-electron chi connectivity index (χ2n) is 9.99.